The van der Waals surface area contributed by atoms with E-state index in [1.807, 2.05) is 0 Å². The maximum Gasteiger partial charge on any atom is 0.303 e. The Morgan fingerprint density at radius 1 is 1.32 bits per heavy atom. The highest BCUT2D eigenvalue weighted by molar-refractivity contribution is 9.10. The van der Waals surface area contributed by atoms with Crippen molar-refractivity contribution >= 4 is 27.8 Å². The van der Waals surface area contributed by atoms with Crippen LogP contribution in [0.1, 0.15) is 24.0 Å². The number of benzene rings is 1. The van der Waals surface area contributed by atoms with Crippen LogP contribution in [0.4, 0.5) is 4.39 Å². The topological polar surface area (TPSA) is 57.6 Å². The lowest BCUT2D eigenvalue weighted by molar-refractivity contribution is -0.141. The average Bonchev–Trinajstić information content (AvgIpc) is 2.40. The van der Waals surface area contributed by atoms with Gasteiger partial charge >= 0.3 is 5.97 Å². The third-order valence-electron chi connectivity index (χ3n) is 3.20. The van der Waals surface area contributed by atoms with Crippen molar-refractivity contribution in [3.63, 3.8) is 0 Å². The number of fused-ring (bicyclic) bond motifs is 1. The van der Waals surface area contributed by atoms with Crippen molar-refractivity contribution in [2.75, 3.05) is 6.54 Å². The molecule has 0 unspecified atom stereocenters. The summed E-state index contributed by atoms with van der Waals surface area (Å²) in [5.74, 6) is -1.57. The lowest BCUT2D eigenvalue weighted by Gasteiger charge is -2.29. The van der Waals surface area contributed by atoms with Crippen LogP contribution in [-0.2, 0) is 22.6 Å². The van der Waals surface area contributed by atoms with E-state index in [4.69, 9.17) is 5.11 Å². The molecular weight excluding hydrogens is 317 g/mol. The van der Waals surface area contributed by atoms with Gasteiger partial charge in [0.2, 0.25) is 5.91 Å². The molecule has 0 fully saturated rings. The number of carboxylic acids is 1. The van der Waals surface area contributed by atoms with Gasteiger partial charge in [-0.15, -0.1) is 0 Å². The Bertz CT molecular complexity index is 533. The van der Waals surface area contributed by atoms with E-state index in [0.717, 1.165) is 10.0 Å². The van der Waals surface area contributed by atoms with E-state index < -0.39 is 5.97 Å². The first kappa shape index (κ1) is 14.0. The Hall–Kier alpha value is -1.43. The molecule has 1 aliphatic rings. The maximum absolute atomic E-state index is 13.7. The number of hydrogen-bond acceptors (Lipinski definition) is 2. The summed E-state index contributed by atoms with van der Waals surface area (Å²) >= 11 is 3.38. The van der Waals surface area contributed by atoms with Crippen molar-refractivity contribution in [1.82, 2.24) is 4.90 Å². The fourth-order valence-corrected chi connectivity index (χ4v) is 2.75. The molecule has 0 spiro atoms. The SMILES string of the molecule is O=C(O)CCC(=O)N1CCc2c(Br)ccc(F)c2C1. The molecule has 1 N–H and O–H groups in total. The summed E-state index contributed by atoms with van der Waals surface area (Å²) in [4.78, 5) is 23.8. The molecular formula is C13H13BrFNO3. The number of carbonyl (C=O) groups is 2. The van der Waals surface area contributed by atoms with Crippen LogP contribution in [0.15, 0.2) is 16.6 Å². The second kappa shape index (κ2) is 5.69. The highest BCUT2D eigenvalue weighted by Crippen LogP contribution is 2.28. The monoisotopic (exact) mass is 329 g/mol. The predicted octanol–water partition coefficient (Wildman–Crippen LogP) is 2.34. The number of hydrogen-bond donors (Lipinski definition) is 1. The van der Waals surface area contributed by atoms with Crippen molar-refractivity contribution in [1.29, 1.82) is 0 Å². The van der Waals surface area contributed by atoms with E-state index >= 15 is 0 Å². The second-order valence-corrected chi connectivity index (χ2v) is 5.30. The molecule has 0 radical (unpaired) electrons. The number of carboxylic acid groups (broad SMARTS) is 1. The van der Waals surface area contributed by atoms with Gasteiger partial charge in [0, 0.05) is 29.5 Å². The molecule has 1 heterocycles. The molecule has 0 aliphatic carbocycles. The van der Waals surface area contributed by atoms with Gasteiger partial charge in [-0.1, -0.05) is 15.9 Å². The van der Waals surface area contributed by atoms with Gasteiger partial charge in [-0.2, -0.15) is 0 Å². The lowest BCUT2D eigenvalue weighted by atomic mass is 9.99. The zero-order valence-corrected chi connectivity index (χ0v) is 11.7. The Balaban J connectivity index is 2.11. The van der Waals surface area contributed by atoms with Crippen LogP contribution in [0.3, 0.4) is 0 Å². The molecule has 0 aromatic heterocycles. The van der Waals surface area contributed by atoms with Gasteiger partial charge in [-0.25, -0.2) is 4.39 Å². The summed E-state index contributed by atoms with van der Waals surface area (Å²) in [6, 6.07) is 3.03. The Morgan fingerprint density at radius 2 is 2.05 bits per heavy atom. The van der Waals surface area contributed by atoms with Gasteiger partial charge in [0.15, 0.2) is 0 Å². The van der Waals surface area contributed by atoms with Gasteiger partial charge in [0.25, 0.3) is 0 Å². The van der Waals surface area contributed by atoms with Gasteiger partial charge in [0.05, 0.1) is 6.42 Å². The van der Waals surface area contributed by atoms with E-state index in [0.29, 0.717) is 18.5 Å². The first-order valence-corrected chi connectivity index (χ1v) is 6.73. The lowest BCUT2D eigenvalue weighted by Crippen LogP contribution is -2.36. The van der Waals surface area contributed by atoms with Gasteiger partial charge in [-0.3, -0.25) is 9.59 Å². The fourth-order valence-electron chi connectivity index (χ4n) is 2.18. The van der Waals surface area contributed by atoms with Crippen molar-refractivity contribution in [3.05, 3.63) is 33.5 Å². The number of rotatable bonds is 3. The second-order valence-electron chi connectivity index (χ2n) is 4.45. The number of aliphatic carboxylic acids is 1. The summed E-state index contributed by atoms with van der Waals surface area (Å²) in [5.41, 5.74) is 1.41. The van der Waals surface area contributed by atoms with Crippen LogP contribution in [0.25, 0.3) is 0 Å². The average molecular weight is 330 g/mol. The molecule has 1 aromatic carbocycles. The molecule has 1 aliphatic heterocycles. The molecule has 2 rings (SSSR count). The molecule has 0 saturated heterocycles. The van der Waals surface area contributed by atoms with Crippen LogP contribution in [0.2, 0.25) is 0 Å². The summed E-state index contributed by atoms with van der Waals surface area (Å²) in [5, 5.41) is 8.56. The van der Waals surface area contributed by atoms with Crippen molar-refractivity contribution in [3.8, 4) is 0 Å². The van der Waals surface area contributed by atoms with Crippen molar-refractivity contribution < 1.29 is 19.1 Å². The van der Waals surface area contributed by atoms with Crippen LogP contribution in [-0.4, -0.2) is 28.4 Å². The molecule has 0 saturated carbocycles. The molecule has 0 bridgehead atoms. The summed E-state index contributed by atoms with van der Waals surface area (Å²) < 4.78 is 14.6. The van der Waals surface area contributed by atoms with E-state index in [9.17, 15) is 14.0 Å². The standard InChI is InChI=1S/C13H13BrFNO3/c14-10-1-2-11(15)9-7-16(6-5-8(9)10)12(17)3-4-13(18)19/h1-2H,3-7H2,(H,18,19). The molecule has 102 valence electrons. The maximum atomic E-state index is 13.7. The molecule has 0 atom stereocenters. The minimum absolute atomic E-state index is 0.0414. The van der Waals surface area contributed by atoms with Crippen LogP contribution >= 0.6 is 15.9 Å². The Kier molecular flexibility index (Phi) is 4.19. The van der Waals surface area contributed by atoms with Gasteiger partial charge < -0.3 is 10.0 Å². The zero-order chi connectivity index (χ0) is 14.0. The van der Waals surface area contributed by atoms with Crippen molar-refractivity contribution in [2.45, 2.75) is 25.8 Å². The Labute approximate surface area is 118 Å². The summed E-state index contributed by atoms with van der Waals surface area (Å²) in [7, 11) is 0. The minimum atomic E-state index is -1.00. The highest BCUT2D eigenvalue weighted by atomic mass is 79.9. The number of amides is 1. The third kappa shape index (κ3) is 3.12. The van der Waals surface area contributed by atoms with E-state index in [1.54, 1.807) is 6.07 Å². The molecule has 19 heavy (non-hydrogen) atoms. The third-order valence-corrected chi connectivity index (χ3v) is 3.95. The first-order chi connectivity index (χ1) is 8.99. The molecule has 6 heteroatoms. The minimum Gasteiger partial charge on any atom is -0.481 e. The summed E-state index contributed by atoms with van der Waals surface area (Å²) in [6.45, 7) is 0.701. The van der Waals surface area contributed by atoms with Gasteiger partial charge in [-0.05, 0) is 24.1 Å². The highest BCUT2D eigenvalue weighted by Gasteiger charge is 2.24. The predicted molar refractivity (Wildman–Crippen MR) is 70.1 cm³/mol. The van der Waals surface area contributed by atoms with Crippen LogP contribution in [0.5, 0.6) is 0 Å². The smallest absolute Gasteiger partial charge is 0.303 e. The Morgan fingerprint density at radius 3 is 2.74 bits per heavy atom. The fraction of sp³-hybridized carbons (Fsp3) is 0.385. The quantitative estimate of drug-likeness (QED) is 0.925. The molecule has 1 amide bonds. The van der Waals surface area contributed by atoms with Crippen molar-refractivity contribution in [2.24, 2.45) is 0 Å². The van der Waals surface area contributed by atoms with E-state index in [-0.39, 0.29) is 31.1 Å². The molecule has 1 aromatic rings. The largest absolute Gasteiger partial charge is 0.481 e. The summed E-state index contributed by atoms with van der Waals surface area (Å²) in [6.07, 6.45) is 0.343. The first-order valence-electron chi connectivity index (χ1n) is 5.94. The van der Waals surface area contributed by atoms with Gasteiger partial charge in [0.1, 0.15) is 5.82 Å². The van der Waals surface area contributed by atoms with E-state index in [1.165, 1.54) is 11.0 Å². The number of halogens is 2. The normalized spacial score (nSPS) is 14.1. The van der Waals surface area contributed by atoms with Crippen LogP contribution < -0.4 is 0 Å². The van der Waals surface area contributed by atoms with Crippen LogP contribution in [0, 0.1) is 5.82 Å². The molecule has 4 nitrogen and oxygen atoms in total. The zero-order valence-electron chi connectivity index (χ0n) is 10.2. The van der Waals surface area contributed by atoms with E-state index in [2.05, 4.69) is 15.9 Å². The number of nitrogens with zero attached hydrogens (tertiary/aromatic N) is 1. The number of carbonyl (C=O) groups excluding carboxylic acids is 1.